The topological polar surface area (TPSA) is 58.6 Å². The van der Waals surface area contributed by atoms with Gasteiger partial charge in [0.2, 0.25) is 5.91 Å². The highest BCUT2D eigenvalue weighted by atomic mass is 16.5. The minimum absolute atomic E-state index is 0.0402. The number of aliphatic hydroxyl groups excluding tert-OH is 1. The van der Waals surface area contributed by atoms with Crippen LogP contribution in [0, 0.1) is 5.92 Å². The molecule has 0 unspecified atom stereocenters. The maximum absolute atomic E-state index is 12.2. The van der Waals surface area contributed by atoms with Gasteiger partial charge in [-0.05, 0) is 36.3 Å². The van der Waals surface area contributed by atoms with E-state index in [2.05, 4.69) is 11.4 Å². The lowest BCUT2D eigenvalue weighted by atomic mass is 9.85. The Hall–Kier alpha value is -1.39. The first-order valence-corrected chi connectivity index (χ1v) is 8.88. The van der Waals surface area contributed by atoms with Gasteiger partial charge >= 0.3 is 0 Å². The second-order valence-corrected chi connectivity index (χ2v) is 6.78. The molecule has 2 N–H and O–H groups in total. The van der Waals surface area contributed by atoms with E-state index in [-0.39, 0.29) is 12.0 Å². The highest BCUT2D eigenvalue weighted by Crippen LogP contribution is 2.29. The van der Waals surface area contributed by atoms with Gasteiger partial charge in [-0.1, -0.05) is 43.5 Å². The van der Waals surface area contributed by atoms with Gasteiger partial charge in [0.25, 0.3) is 0 Å². The molecule has 1 aliphatic carbocycles. The first-order valence-electron chi connectivity index (χ1n) is 8.88. The lowest BCUT2D eigenvalue weighted by Crippen LogP contribution is -2.37. The van der Waals surface area contributed by atoms with Gasteiger partial charge in [0, 0.05) is 6.54 Å². The van der Waals surface area contributed by atoms with Gasteiger partial charge in [-0.2, -0.15) is 0 Å². The maximum atomic E-state index is 12.2. The molecule has 0 radical (unpaired) electrons. The van der Waals surface area contributed by atoms with Gasteiger partial charge in [0.15, 0.2) is 0 Å². The van der Waals surface area contributed by atoms with Crippen molar-refractivity contribution in [3.63, 3.8) is 0 Å². The lowest BCUT2D eigenvalue weighted by molar-refractivity contribution is -0.125. The van der Waals surface area contributed by atoms with Gasteiger partial charge in [0.1, 0.15) is 0 Å². The summed E-state index contributed by atoms with van der Waals surface area (Å²) in [4.78, 5) is 12.2. The van der Waals surface area contributed by atoms with Crippen molar-refractivity contribution in [2.24, 2.45) is 5.92 Å². The summed E-state index contributed by atoms with van der Waals surface area (Å²) >= 11 is 0. The largest absolute Gasteiger partial charge is 0.391 e. The number of hydrogen-bond donors (Lipinski definition) is 2. The number of aliphatic hydroxyl groups is 1. The monoisotopic (exact) mass is 317 g/mol. The smallest absolute Gasteiger partial charge is 0.223 e. The van der Waals surface area contributed by atoms with Crippen molar-refractivity contribution in [1.82, 2.24) is 5.32 Å². The van der Waals surface area contributed by atoms with E-state index in [9.17, 15) is 9.90 Å². The van der Waals surface area contributed by atoms with Crippen LogP contribution >= 0.6 is 0 Å². The summed E-state index contributed by atoms with van der Waals surface area (Å²) in [5, 5.41) is 13.1. The number of carbonyl (C=O) groups is 1. The van der Waals surface area contributed by atoms with Gasteiger partial charge in [0.05, 0.1) is 25.2 Å². The van der Waals surface area contributed by atoms with Crippen molar-refractivity contribution in [2.45, 2.75) is 57.2 Å². The third-order valence-corrected chi connectivity index (χ3v) is 5.17. The fourth-order valence-electron chi connectivity index (χ4n) is 3.79. The molecule has 23 heavy (non-hydrogen) atoms. The Kier molecular flexibility index (Phi) is 5.68. The van der Waals surface area contributed by atoms with Crippen molar-refractivity contribution in [3.8, 4) is 0 Å². The second kappa shape index (κ2) is 7.93. The van der Waals surface area contributed by atoms with E-state index in [1.807, 2.05) is 18.2 Å². The molecule has 0 spiro atoms. The van der Waals surface area contributed by atoms with Crippen LogP contribution in [0.25, 0.3) is 0 Å². The minimum atomic E-state index is -0.418. The standard InChI is InChI=1S/C19H27NO3/c21-17(15-7-2-1-3-8-15)13-20-19(22)12-18-16-9-5-4-6-14(16)10-11-23-18/h4-6,9,15,17-18,21H,1-3,7-8,10-13H2,(H,20,22)/t17-,18-/m1/s1. The maximum Gasteiger partial charge on any atom is 0.223 e. The highest BCUT2D eigenvalue weighted by molar-refractivity contribution is 5.76. The Morgan fingerprint density at radius 2 is 2.04 bits per heavy atom. The first-order chi connectivity index (χ1) is 11.2. The molecular formula is C19H27NO3. The fraction of sp³-hybridized carbons (Fsp3) is 0.632. The number of fused-ring (bicyclic) bond motifs is 1. The summed E-state index contributed by atoms with van der Waals surface area (Å²) in [6.07, 6.45) is 6.49. The molecule has 1 aromatic carbocycles. The molecule has 2 aliphatic rings. The van der Waals surface area contributed by atoms with Crippen LogP contribution < -0.4 is 5.32 Å². The molecule has 4 nitrogen and oxygen atoms in total. The zero-order chi connectivity index (χ0) is 16.1. The number of ether oxygens (including phenoxy) is 1. The van der Waals surface area contributed by atoms with E-state index in [0.717, 1.165) is 24.8 Å². The average Bonchev–Trinajstić information content (AvgIpc) is 2.61. The van der Waals surface area contributed by atoms with Crippen LogP contribution in [0.4, 0.5) is 0 Å². The van der Waals surface area contributed by atoms with E-state index >= 15 is 0 Å². The number of nitrogens with one attached hydrogen (secondary N) is 1. The van der Waals surface area contributed by atoms with Crippen LogP contribution in [-0.2, 0) is 16.0 Å². The summed E-state index contributed by atoms with van der Waals surface area (Å²) in [7, 11) is 0. The molecule has 1 amide bonds. The van der Waals surface area contributed by atoms with Crippen LogP contribution in [0.5, 0.6) is 0 Å². The lowest BCUT2D eigenvalue weighted by Gasteiger charge is -2.28. The highest BCUT2D eigenvalue weighted by Gasteiger charge is 2.25. The number of hydrogen-bond acceptors (Lipinski definition) is 3. The summed E-state index contributed by atoms with van der Waals surface area (Å²) in [5.74, 6) is 0.303. The van der Waals surface area contributed by atoms with Crippen LogP contribution in [-0.4, -0.2) is 30.3 Å². The van der Waals surface area contributed by atoms with Crippen molar-refractivity contribution in [3.05, 3.63) is 35.4 Å². The van der Waals surface area contributed by atoms with Crippen LogP contribution in [0.1, 0.15) is 55.8 Å². The third kappa shape index (κ3) is 4.33. The Morgan fingerprint density at radius 3 is 2.87 bits per heavy atom. The Labute approximate surface area is 138 Å². The predicted octanol–water partition coefficient (Wildman–Crippen LogP) is 2.75. The van der Waals surface area contributed by atoms with E-state index < -0.39 is 6.10 Å². The second-order valence-electron chi connectivity index (χ2n) is 6.78. The summed E-state index contributed by atoms with van der Waals surface area (Å²) in [6.45, 7) is 1.03. The SMILES string of the molecule is O=C(C[C@H]1OCCc2ccccc21)NC[C@@H](O)C1CCCCC1. The van der Waals surface area contributed by atoms with E-state index in [4.69, 9.17) is 4.74 Å². The van der Waals surface area contributed by atoms with Crippen molar-refractivity contribution >= 4 is 5.91 Å². The quantitative estimate of drug-likeness (QED) is 0.878. The molecule has 0 bridgehead atoms. The van der Waals surface area contributed by atoms with Crippen molar-refractivity contribution in [2.75, 3.05) is 13.2 Å². The zero-order valence-corrected chi connectivity index (χ0v) is 13.7. The average molecular weight is 317 g/mol. The molecule has 0 aromatic heterocycles. The van der Waals surface area contributed by atoms with E-state index in [0.29, 0.717) is 25.5 Å². The van der Waals surface area contributed by atoms with Crippen LogP contribution in [0.2, 0.25) is 0 Å². The van der Waals surface area contributed by atoms with Crippen molar-refractivity contribution in [1.29, 1.82) is 0 Å². The molecule has 1 heterocycles. The molecule has 3 rings (SSSR count). The molecule has 1 saturated carbocycles. The van der Waals surface area contributed by atoms with Gasteiger partial charge in [-0.3, -0.25) is 4.79 Å². The first kappa shape index (κ1) is 16.5. The number of rotatable bonds is 5. The minimum Gasteiger partial charge on any atom is -0.391 e. The van der Waals surface area contributed by atoms with Gasteiger partial charge < -0.3 is 15.2 Å². The molecule has 2 atom stereocenters. The van der Waals surface area contributed by atoms with Crippen molar-refractivity contribution < 1.29 is 14.6 Å². The molecule has 4 heteroatoms. The van der Waals surface area contributed by atoms with Crippen LogP contribution in [0.3, 0.4) is 0 Å². The Balaban J connectivity index is 1.48. The number of amides is 1. The van der Waals surface area contributed by atoms with Gasteiger partial charge in [-0.15, -0.1) is 0 Å². The number of carbonyl (C=O) groups excluding carboxylic acids is 1. The molecular weight excluding hydrogens is 290 g/mol. The van der Waals surface area contributed by atoms with E-state index in [1.54, 1.807) is 0 Å². The Bertz CT molecular complexity index is 525. The van der Waals surface area contributed by atoms with Gasteiger partial charge in [-0.25, -0.2) is 0 Å². The molecule has 1 fully saturated rings. The Morgan fingerprint density at radius 1 is 1.26 bits per heavy atom. The molecule has 126 valence electrons. The third-order valence-electron chi connectivity index (χ3n) is 5.17. The van der Waals surface area contributed by atoms with Crippen LogP contribution in [0.15, 0.2) is 24.3 Å². The summed E-state index contributed by atoms with van der Waals surface area (Å²) in [5.41, 5.74) is 2.40. The summed E-state index contributed by atoms with van der Waals surface area (Å²) in [6, 6.07) is 8.17. The zero-order valence-electron chi connectivity index (χ0n) is 13.7. The normalized spacial score (nSPS) is 23.1. The summed E-state index contributed by atoms with van der Waals surface area (Å²) < 4.78 is 5.77. The predicted molar refractivity (Wildman–Crippen MR) is 89.0 cm³/mol. The molecule has 1 aromatic rings. The fourth-order valence-corrected chi connectivity index (χ4v) is 3.79. The van der Waals surface area contributed by atoms with E-state index in [1.165, 1.54) is 24.8 Å². The molecule has 1 aliphatic heterocycles. The molecule has 0 saturated heterocycles. The number of benzene rings is 1.